The van der Waals surface area contributed by atoms with Crippen molar-refractivity contribution in [1.82, 2.24) is 5.32 Å². The van der Waals surface area contributed by atoms with Gasteiger partial charge < -0.3 is 5.32 Å². The van der Waals surface area contributed by atoms with Crippen molar-refractivity contribution in [2.45, 2.75) is 44.6 Å². The minimum absolute atomic E-state index is 0.0781. The predicted octanol–water partition coefficient (Wildman–Crippen LogP) is 4.56. The van der Waals surface area contributed by atoms with E-state index in [9.17, 15) is 4.79 Å². The Morgan fingerprint density at radius 3 is 2.67 bits per heavy atom. The molecule has 0 saturated heterocycles. The lowest BCUT2D eigenvalue weighted by atomic mass is 9.83. The molecule has 1 fully saturated rings. The van der Waals surface area contributed by atoms with Gasteiger partial charge in [0.05, 0.1) is 10.6 Å². The molecule has 0 aromatic heterocycles. The molecular formula is C14H17BrClNO. The topological polar surface area (TPSA) is 29.1 Å². The van der Waals surface area contributed by atoms with E-state index in [-0.39, 0.29) is 11.4 Å². The highest BCUT2D eigenvalue weighted by atomic mass is 79.9. The summed E-state index contributed by atoms with van der Waals surface area (Å²) in [5.41, 5.74) is 0.457. The second-order valence-corrected chi connectivity index (χ2v) is 6.52. The molecule has 0 spiro atoms. The number of amides is 1. The van der Waals surface area contributed by atoms with E-state index in [1.807, 2.05) is 6.07 Å². The van der Waals surface area contributed by atoms with Crippen LogP contribution in [0.25, 0.3) is 0 Å². The third-order valence-corrected chi connectivity index (χ3v) is 4.37. The molecular weight excluding hydrogens is 314 g/mol. The SMILES string of the molecule is CC1(NC(=O)c2cc(Br)ccc2Cl)CCCCC1. The largest absolute Gasteiger partial charge is 0.347 e. The van der Waals surface area contributed by atoms with Crippen LogP contribution in [0.2, 0.25) is 5.02 Å². The van der Waals surface area contributed by atoms with Gasteiger partial charge in [-0.05, 0) is 38.0 Å². The van der Waals surface area contributed by atoms with Crippen molar-refractivity contribution in [2.24, 2.45) is 0 Å². The zero-order chi connectivity index (χ0) is 13.2. The highest BCUT2D eigenvalue weighted by Crippen LogP contribution is 2.29. The third kappa shape index (κ3) is 3.27. The maximum absolute atomic E-state index is 12.3. The first-order valence-corrected chi connectivity index (χ1v) is 7.45. The molecule has 18 heavy (non-hydrogen) atoms. The molecule has 0 unspecified atom stereocenters. The summed E-state index contributed by atoms with van der Waals surface area (Å²) in [4.78, 5) is 12.3. The fourth-order valence-electron chi connectivity index (χ4n) is 2.47. The van der Waals surface area contributed by atoms with Crippen molar-refractivity contribution in [2.75, 3.05) is 0 Å². The Balaban J connectivity index is 2.14. The lowest BCUT2D eigenvalue weighted by Gasteiger charge is -2.34. The fourth-order valence-corrected chi connectivity index (χ4v) is 3.03. The van der Waals surface area contributed by atoms with Crippen LogP contribution < -0.4 is 5.32 Å². The monoisotopic (exact) mass is 329 g/mol. The number of carbonyl (C=O) groups is 1. The first kappa shape index (κ1) is 13.9. The van der Waals surface area contributed by atoms with Gasteiger partial charge in [0.25, 0.3) is 5.91 Å². The van der Waals surface area contributed by atoms with Gasteiger partial charge in [-0.25, -0.2) is 0 Å². The summed E-state index contributed by atoms with van der Waals surface area (Å²) in [7, 11) is 0. The Labute approximate surface area is 121 Å². The first-order valence-electron chi connectivity index (χ1n) is 6.28. The van der Waals surface area contributed by atoms with Crippen molar-refractivity contribution in [3.8, 4) is 0 Å². The average Bonchev–Trinajstić information content (AvgIpc) is 2.32. The Kier molecular flexibility index (Phi) is 4.33. The normalized spacial score (nSPS) is 18.4. The highest BCUT2D eigenvalue weighted by molar-refractivity contribution is 9.10. The quantitative estimate of drug-likeness (QED) is 0.846. The molecule has 0 atom stereocenters. The smallest absolute Gasteiger partial charge is 0.253 e. The summed E-state index contributed by atoms with van der Waals surface area (Å²) >= 11 is 9.44. The van der Waals surface area contributed by atoms with Crippen molar-refractivity contribution < 1.29 is 4.79 Å². The Hall–Kier alpha value is -0.540. The molecule has 0 bridgehead atoms. The number of benzene rings is 1. The molecule has 98 valence electrons. The molecule has 0 aliphatic heterocycles. The summed E-state index contributed by atoms with van der Waals surface area (Å²) < 4.78 is 0.867. The van der Waals surface area contributed by atoms with Gasteiger partial charge in [0.1, 0.15) is 0 Å². The minimum atomic E-state index is -0.0824. The van der Waals surface area contributed by atoms with Crippen LogP contribution in [0.3, 0.4) is 0 Å². The van der Waals surface area contributed by atoms with Crippen LogP contribution >= 0.6 is 27.5 Å². The molecule has 2 rings (SSSR count). The molecule has 4 heteroatoms. The minimum Gasteiger partial charge on any atom is -0.347 e. The number of hydrogen-bond donors (Lipinski definition) is 1. The summed E-state index contributed by atoms with van der Waals surface area (Å²) in [5.74, 6) is -0.0781. The van der Waals surface area contributed by atoms with E-state index in [0.29, 0.717) is 10.6 Å². The Morgan fingerprint density at radius 1 is 1.33 bits per heavy atom. The van der Waals surface area contributed by atoms with Gasteiger partial charge in [0.15, 0.2) is 0 Å². The van der Waals surface area contributed by atoms with Gasteiger partial charge in [0.2, 0.25) is 0 Å². The zero-order valence-electron chi connectivity index (χ0n) is 10.4. The molecule has 0 radical (unpaired) electrons. The van der Waals surface area contributed by atoms with Gasteiger partial charge in [-0.15, -0.1) is 0 Å². The van der Waals surface area contributed by atoms with Crippen molar-refractivity contribution in [3.63, 3.8) is 0 Å². The summed E-state index contributed by atoms with van der Waals surface area (Å²) in [6, 6.07) is 5.34. The highest BCUT2D eigenvalue weighted by Gasteiger charge is 2.29. The van der Waals surface area contributed by atoms with Crippen LogP contribution in [0.5, 0.6) is 0 Å². The second-order valence-electron chi connectivity index (χ2n) is 5.20. The fraction of sp³-hybridized carbons (Fsp3) is 0.500. The van der Waals surface area contributed by atoms with Crippen LogP contribution in [0, 0.1) is 0 Å². The van der Waals surface area contributed by atoms with E-state index in [4.69, 9.17) is 11.6 Å². The molecule has 1 saturated carbocycles. The maximum atomic E-state index is 12.3. The third-order valence-electron chi connectivity index (χ3n) is 3.55. The molecule has 1 aromatic rings. The van der Waals surface area contributed by atoms with Gasteiger partial charge in [-0.3, -0.25) is 4.79 Å². The summed E-state index contributed by atoms with van der Waals surface area (Å²) in [6.07, 6.45) is 5.73. The molecule has 1 aliphatic rings. The number of carbonyl (C=O) groups excluding carboxylic acids is 1. The number of hydrogen-bond acceptors (Lipinski definition) is 1. The summed E-state index contributed by atoms with van der Waals surface area (Å²) in [6.45, 7) is 2.12. The van der Waals surface area contributed by atoms with E-state index in [1.165, 1.54) is 19.3 Å². The second kappa shape index (κ2) is 5.62. The van der Waals surface area contributed by atoms with Crippen LogP contribution in [-0.4, -0.2) is 11.4 Å². The number of nitrogens with one attached hydrogen (secondary N) is 1. The van der Waals surface area contributed by atoms with Gasteiger partial charge >= 0.3 is 0 Å². The Bertz CT molecular complexity index is 455. The van der Waals surface area contributed by atoms with Crippen LogP contribution in [-0.2, 0) is 0 Å². The van der Waals surface area contributed by atoms with E-state index in [2.05, 4.69) is 28.2 Å². The number of rotatable bonds is 2. The van der Waals surface area contributed by atoms with Gasteiger partial charge in [-0.2, -0.15) is 0 Å². The van der Waals surface area contributed by atoms with Crippen molar-refractivity contribution in [3.05, 3.63) is 33.3 Å². The molecule has 2 nitrogen and oxygen atoms in total. The average molecular weight is 331 g/mol. The molecule has 1 amide bonds. The van der Waals surface area contributed by atoms with Gasteiger partial charge in [0, 0.05) is 10.0 Å². The Morgan fingerprint density at radius 2 is 2.00 bits per heavy atom. The van der Waals surface area contributed by atoms with E-state index >= 15 is 0 Å². The first-order chi connectivity index (χ1) is 8.50. The van der Waals surface area contributed by atoms with Crippen molar-refractivity contribution >= 4 is 33.4 Å². The molecule has 1 aliphatic carbocycles. The van der Waals surface area contributed by atoms with E-state index in [1.54, 1.807) is 12.1 Å². The zero-order valence-corrected chi connectivity index (χ0v) is 12.8. The van der Waals surface area contributed by atoms with E-state index < -0.39 is 0 Å². The van der Waals surface area contributed by atoms with E-state index in [0.717, 1.165) is 17.3 Å². The van der Waals surface area contributed by atoms with Crippen LogP contribution in [0.15, 0.2) is 22.7 Å². The molecule has 0 heterocycles. The lowest BCUT2D eigenvalue weighted by Crippen LogP contribution is -2.47. The van der Waals surface area contributed by atoms with Crippen LogP contribution in [0.4, 0.5) is 0 Å². The van der Waals surface area contributed by atoms with Crippen molar-refractivity contribution in [1.29, 1.82) is 0 Å². The van der Waals surface area contributed by atoms with Gasteiger partial charge in [-0.1, -0.05) is 46.8 Å². The predicted molar refractivity (Wildman–Crippen MR) is 78.1 cm³/mol. The standard InChI is InChI=1S/C14H17BrClNO/c1-14(7-3-2-4-8-14)17-13(18)11-9-10(15)5-6-12(11)16/h5-6,9H,2-4,7-8H2,1H3,(H,17,18). The summed E-state index contributed by atoms with van der Waals surface area (Å²) in [5, 5.41) is 3.63. The maximum Gasteiger partial charge on any atom is 0.253 e. The molecule has 1 N–H and O–H groups in total. The molecule has 1 aromatic carbocycles. The van der Waals surface area contributed by atoms with Crippen LogP contribution in [0.1, 0.15) is 49.4 Å². The lowest BCUT2D eigenvalue weighted by molar-refractivity contribution is 0.0883. The number of halogens is 2.